The molecule has 0 fully saturated rings. The van der Waals surface area contributed by atoms with Crippen molar-refractivity contribution in [1.82, 2.24) is 9.88 Å². The predicted octanol–water partition coefficient (Wildman–Crippen LogP) is 2.17. The summed E-state index contributed by atoms with van der Waals surface area (Å²) in [7, 11) is 0. The lowest BCUT2D eigenvalue weighted by Crippen LogP contribution is -2.37. The molecule has 31 heavy (non-hydrogen) atoms. The lowest BCUT2D eigenvalue weighted by Gasteiger charge is -2.21. The molecular formula is C19H18Cl2N2O8. The highest BCUT2D eigenvalue weighted by molar-refractivity contribution is 6.35. The molecule has 0 saturated heterocycles. The number of carboxylic acid groups (broad SMARTS) is 1. The zero-order chi connectivity index (χ0) is 23.5. The average molecular weight is 473 g/mol. The van der Waals surface area contributed by atoms with Crippen LogP contribution in [0.15, 0.2) is 23.0 Å². The van der Waals surface area contributed by atoms with Crippen LogP contribution in [0.4, 0.5) is 0 Å². The first-order chi connectivity index (χ1) is 14.5. The van der Waals surface area contributed by atoms with E-state index in [-0.39, 0.29) is 17.2 Å². The Morgan fingerprint density at radius 2 is 1.84 bits per heavy atom. The highest BCUT2D eigenvalue weighted by Crippen LogP contribution is 2.34. The smallest absolute Gasteiger partial charge is 0.345 e. The summed E-state index contributed by atoms with van der Waals surface area (Å²) in [4.78, 5) is 48.6. The maximum Gasteiger partial charge on any atom is 0.345 e. The number of ether oxygens (including phenoxy) is 1. The van der Waals surface area contributed by atoms with E-state index in [9.17, 15) is 34.5 Å². The summed E-state index contributed by atoms with van der Waals surface area (Å²) in [5.41, 5.74) is -2.97. The minimum Gasteiger partial charge on any atom is -0.506 e. The monoisotopic (exact) mass is 472 g/mol. The molecule has 166 valence electrons. The summed E-state index contributed by atoms with van der Waals surface area (Å²) < 4.78 is 5.25. The number of nitrogens with one attached hydrogen (secondary N) is 1. The predicted molar refractivity (Wildman–Crippen MR) is 110 cm³/mol. The number of carboxylic acids is 1. The second-order valence-corrected chi connectivity index (χ2v) is 7.08. The van der Waals surface area contributed by atoms with E-state index in [1.807, 2.05) is 0 Å². The molecule has 12 heteroatoms. The Morgan fingerprint density at radius 3 is 2.39 bits per heavy atom. The number of amides is 1. The number of rotatable bonds is 7. The maximum atomic E-state index is 13.0. The summed E-state index contributed by atoms with van der Waals surface area (Å²) in [6.07, 6.45) is 0. The maximum absolute atomic E-state index is 13.0. The molecule has 0 spiro atoms. The molecule has 2 aromatic rings. The molecule has 1 unspecified atom stereocenters. The molecule has 0 aliphatic heterocycles. The molecule has 1 heterocycles. The lowest BCUT2D eigenvalue weighted by molar-refractivity contribution is -0.141. The lowest BCUT2D eigenvalue weighted by atomic mass is 10.1. The van der Waals surface area contributed by atoms with Gasteiger partial charge in [0.2, 0.25) is 5.88 Å². The third kappa shape index (κ3) is 4.92. The third-order valence-electron chi connectivity index (χ3n) is 4.30. The minimum atomic E-state index is -1.79. The first-order valence-electron chi connectivity index (χ1n) is 8.83. The fraction of sp³-hybridized carbons (Fsp3) is 0.263. The van der Waals surface area contributed by atoms with Crippen LogP contribution in [0.3, 0.4) is 0 Å². The van der Waals surface area contributed by atoms with Crippen LogP contribution in [0.5, 0.6) is 11.6 Å². The fourth-order valence-corrected chi connectivity index (χ4v) is 3.43. The van der Waals surface area contributed by atoms with Gasteiger partial charge in [0.05, 0.1) is 12.6 Å². The van der Waals surface area contributed by atoms with E-state index in [0.29, 0.717) is 9.59 Å². The largest absolute Gasteiger partial charge is 0.506 e. The highest BCUT2D eigenvalue weighted by atomic mass is 35.5. The quantitative estimate of drug-likeness (QED) is 0.446. The van der Waals surface area contributed by atoms with E-state index in [2.05, 4.69) is 10.1 Å². The molecule has 0 bridgehead atoms. The minimum absolute atomic E-state index is 0.0501. The van der Waals surface area contributed by atoms with Gasteiger partial charge in [0, 0.05) is 10.0 Å². The standard InChI is InChI=1S/C19H18Cl2N2O8/c1-3-31-12(24)7-22-16(26)13-15(25)14(19(29)30)18(28)23(17(13)27)8(2)10-5-4-9(20)6-11(10)21/h4-6,8,25,28H,3,7H2,1-2H3,(H,22,26)(H,29,30). The van der Waals surface area contributed by atoms with Gasteiger partial charge in [-0.1, -0.05) is 29.3 Å². The van der Waals surface area contributed by atoms with E-state index in [4.69, 9.17) is 23.2 Å². The van der Waals surface area contributed by atoms with Gasteiger partial charge in [0.15, 0.2) is 11.3 Å². The Labute approximate surface area is 185 Å². The fourth-order valence-electron chi connectivity index (χ4n) is 2.86. The van der Waals surface area contributed by atoms with Crippen molar-refractivity contribution in [2.75, 3.05) is 13.2 Å². The molecule has 2 rings (SSSR count). The molecule has 10 nitrogen and oxygen atoms in total. The van der Waals surface area contributed by atoms with Gasteiger partial charge in [-0.25, -0.2) is 4.79 Å². The number of aromatic carboxylic acids is 1. The molecule has 1 aromatic carbocycles. The molecule has 1 amide bonds. The average Bonchev–Trinajstić information content (AvgIpc) is 2.66. The van der Waals surface area contributed by atoms with Gasteiger partial charge in [-0.2, -0.15) is 0 Å². The first kappa shape index (κ1) is 24.0. The van der Waals surface area contributed by atoms with Crippen molar-refractivity contribution in [3.63, 3.8) is 0 Å². The number of aromatic hydroxyl groups is 2. The Balaban J connectivity index is 2.67. The van der Waals surface area contributed by atoms with Crippen molar-refractivity contribution in [3.8, 4) is 11.6 Å². The van der Waals surface area contributed by atoms with Crippen LogP contribution in [0.25, 0.3) is 0 Å². The van der Waals surface area contributed by atoms with Crippen LogP contribution >= 0.6 is 23.2 Å². The van der Waals surface area contributed by atoms with Crippen molar-refractivity contribution in [2.24, 2.45) is 0 Å². The summed E-state index contributed by atoms with van der Waals surface area (Å²) >= 11 is 12.0. The number of pyridine rings is 1. The van der Waals surface area contributed by atoms with Gasteiger partial charge in [-0.05, 0) is 31.5 Å². The van der Waals surface area contributed by atoms with Gasteiger partial charge < -0.3 is 25.4 Å². The molecule has 1 aromatic heterocycles. The van der Waals surface area contributed by atoms with Gasteiger partial charge in [-0.15, -0.1) is 0 Å². The molecule has 4 N–H and O–H groups in total. The zero-order valence-electron chi connectivity index (χ0n) is 16.3. The van der Waals surface area contributed by atoms with Gasteiger partial charge in [0.25, 0.3) is 11.5 Å². The van der Waals surface area contributed by atoms with Gasteiger partial charge in [-0.3, -0.25) is 19.0 Å². The van der Waals surface area contributed by atoms with Crippen molar-refractivity contribution in [3.05, 3.63) is 55.3 Å². The van der Waals surface area contributed by atoms with Crippen LogP contribution in [-0.2, 0) is 9.53 Å². The second kappa shape index (κ2) is 9.71. The number of carbonyl (C=O) groups is 3. The second-order valence-electron chi connectivity index (χ2n) is 6.23. The number of esters is 1. The Morgan fingerprint density at radius 1 is 1.19 bits per heavy atom. The zero-order valence-corrected chi connectivity index (χ0v) is 17.8. The SMILES string of the molecule is CCOC(=O)CNC(=O)c1c(O)c(C(=O)O)c(O)n(C(C)c2ccc(Cl)cc2Cl)c1=O. The Kier molecular flexibility index (Phi) is 7.53. The molecule has 0 aliphatic rings. The van der Waals surface area contributed by atoms with Crippen LogP contribution < -0.4 is 10.9 Å². The van der Waals surface area contributed by atoms with E-state index < -0.39 is 58.7 Å². The summed E-state index contributed by atoms with van der Waals surface area (Å²) in [6, 6.07) is 3.23. The topological polar surface area (TPSA) is 155 Å². The number of nitrogens with zero attached hydrogens (tertiary/aromatic N) is 1. The van der Waals surface area contributed by atoms with E-state index in [1.165, 1.54) is 25.1 Å². The van der Waals surface area contributed by atoms with Crippen molar-refractivity contribution in [2.45, 2.75) is 19.9 Å². The van der Waals surface area contributed by atoms with Gasteiger partial charge in [0.1, 0.15) is 12.1 Å². The van der Waals surface area contributed by atoms with Crippen LogP contribution in [-0.4, -0.2) is 50.9 Å². The number of halogens is 2. The van der Waals surface area contributed by atoms with Crippen LogP contribution in [0.2, 0.25) is 10.0 Å². The van der Waals surface area contributed by atoms with Crippen LogP contribution in [0, 0.1) is 0 Å². The molecule has 0 aliphatic carbocycles. The van der Waals surface area contributed by atoms with Gasteiger partial charge >= 0.3 is 11.9 Å². The van der Waals surface area contributed by atoms with Crippen LogP contribution in [0.1, 0.15) is 46.2 Å². The van der Waals surface area contributed by atoms with E-state index in [0.717, 1.165) is 0 Å². The van der Waals surface area contributed by atoms with Crippen molar-refractivity contribution < 1.29 is 34.4 Å². The number of aromatic nitrogens is 1. The number of hydrogen-bond acceptors (Lipinski definition) is 7. The normalized spacial score (nSPS) is 11.6. The number of benzene rings is 1. The Bertz CT molecular complexity index is 1110. The van der Waals surface area contributed by atoms with Crippen molar-refractivity contribution >= 4 is 41.0 Å². The van der Waals surface area contributed by atoms with E-state index in [1.54, 1.807) is 6.92 Å². The summed E-state index contributed by atoms with van der Waals surface area (Å²) in [6.45, 7) is 2.38. The first-order valence-corrected chi connectivity index (χ1v) is 9.59. The summed E-state index contributed by atoms with van der Waals surface area (Å²) in [5, 5.41) is 32.6. The molecule has 0 saturated carbocycles. The third-order valence-corrected chi connectivity index (χ3v) is 4.86. The Hall–Kier alpha value is -3.24. The number of carbonyl (C=O) groups excluding carboxylic acids is 2. The van der Waals surface area contributed by atoms with Crippen molar-refractivity contribution in [1.29, 1.82) is 0 Å². The van der Waals surface area contributed by atoms with E-state index >= 15 is 0 Å². The molecule has 1 atom stereocenters. The highest BCUT2D eigenvalue weighted by Gasteiger charge is 2.32. The summed E-state index contributed by atoms with van der Waals surface area (Å²) in [5.74, 6) is -6.18. The molecule has 0 radical (unpaired) electrons. The molecular weight excluding hydrogens is 455 g/mol. The number of hydrogen-bond donors (Lipinski definition) is 4.